The number of rotatable bonds is 8. The zero-order valence-electron chi connectivity index (χ0n) is 11.1. The molecule has 0 aromatic heterocycles. The summed E-state index contributed by atoms with van der Waals surface area (Å²) in [6.45, 7) is 5.77. The second-order valence-electron chi connectivity index (χ2n) is 4.38. The molecule has 1 rings (SSSR count). The van der Waals surface area contributed by atoms with E-state index in [0.717, 1.165) is 18.5 Å². The fraction of sp³-hybridized carbons (Fsp3) is 0.538. The lowest BCUT2D eigenvalue weighted by atomic mass is 10.2. The monoisotopic (exact) mass is 270 g/mol. The highest BCUT2D eigenvalue weighted by molar-refractivity contribution is 7.89. The maximum atomic E-state index is 11.7. The van der Waals surface area contributed by atoms with Crippen LogP contribution in [0.5, 0.6) is 0 Å². The molecule has 0 unspecified atom stereocenters. The second kappa shape index (κ2) is 7.51. The SMILES string of the molecule is CCCNCCS(=O)(=O)NCc1ccc(C)cc1. The molecule has 1 aromatic carbocycles. The first kappa shape index (κ1) is 15.1. The molecule has 102 valence electrons. The first-order valence-corrected chi connectivity index (χ1v) is 7.92. The van der Waals surface area contributed by atoms with E-state index in [9.17, 15) is 8.42 Å². The van der Waals surface area contributed by atoms with Crippen LogP contribution in [0.2, 0.25) is 0 Å². The largest absolute Gasteiger partial charge is 0.316 e. The molecule has 0 saturated carbocycles. The molecule has 0 fully saturated rings. The van der Waals surface area contributed by atoms with Crippen molar-refractivity contribution in [1.82, 2.24) is 10.0 Å². The summed E-state index contributed by atoms with van der Waals surface area (Å²) >= 11 is 0. The molecule has 2 N–H and O–H groups in total. The summed E-state index contributed by atoms with van der Waals surface area (Å²) in [5.74, 6) is 0.124. The molecule has 5 heteroatoms. The van der Waals surface area contributed by atoms with Crippen molar-refractivity contribution in [2.45, 2.75) is 26.8 Å². The normalized spacial score (nSPS) is 11.7. The van der Waals surface area contributed by atoms with Crippen LogP contribution in [-0.2, 0) is 16.6 Å². The fourth-order valence-corrected chi connectivity index (χ4v) is 2.42. The molecule has 0 aliphatic carbocycles. The molecular formula is C13H22N2O2S. The number of sulfonamides is 1. The molecule has 0 heterocycles. The van der Waals surface area contributed by atoms with Gasteiger partial charge in [-0.2, -0.15) is 0 Å². The van der Waals surface area contributed by atoms with Crippen LogP contribution < -0.4 is 10.0 Å². The molecule has 1 aromatic rings. The lowest BCUT2D eigenvalue weighted by Crippen LogP contribution is -2.31. The summed E-state index contributed by atoms with van der Waals surface area (Å²) in [6, 6.07) is 7.83. The van der Waals surface area contributed by atoms with E-state index in [1.165, 1.54) is 5.56 Å². The smallest absolute Gasteiger partial charge is 0.213 e. The van der Waals surface area contributed by atoms with Gasteiger partial charge in [-0.1, -0.05) is 36.8 Å². The van der Waals surface area contributed by atoms with Crippen molar-refractivity contribution >= 4 is 10.0 Å². The Morgan fingerprint density at radius 2 is 1.78 bits per heavy atom. The quantitative estimate of drug-likeness (QED) is 0.702. The van der Waals surface area contributed by atoms with Crippen molar-refractivity contribution in [3.05, 3.63) is 35.4 Å². The minimum absolute atomic E-state index is 0.124. The number of benzene rings is 1. The van der Waals surface area contributed by atoms with Crippen molar-refractivity contribution in [1.29, 1.82) is 0 Å². The van der Waals surface area contributed by atoms with E-state index in [0.29, 0.717) is 13.1 Å². The van der Waals surface area contributed by atoms with E-state index >= 15 is 0 Å². The van der Waals surface area contributed by atoms with E-state index in [1.54, 1.807) is 0 Å². The Morgan fingerprint density at radius 3 is 2.39 bits per heavy atom. The standard InChI is InChI=1S/C13H22N2O2S/c1-3-8-14-9-10-18(16,17)15-11-13-6-4-12(2)5-7-13/h4-7,14-15H,3,8-11H2,1-2H3. The van der Waals surface area contributed by atoms with Crippen LogP contribution in [0, 0.1) is 6.92 Å². The maximum absolute atomic E-state index is 11.7. The zero-order valence-corrected chi connectivity index (χ0v) is 11.9. The number of nitrogens with one attached hydrogen (secondary N) is 2. The van der Waals surface area contributed by atoms with Crippen LogP contribution in [0.25, 0.3) is 0 Å². The van der Waals surface area contributed by atoms with Crippen LogP contribution in [-0.4, -0.2) is 27.3 Å². The first-order valence-electron chi connectivity index (χ1n) is 6.27. The molecule has 0 atom stereocenters. The maximum Gasteiger partial charge on any atom is 0.213 e. The van der Waals surface area contributed by atoms with Crippen molar-refractivity contribution in [3.8, 4) is 0 Å². The highest BCUT2D eigenvalue weighted by Crippen LogP contribution is 2.03. The van der Waals surface area contributed by atoms with Gasteiger partial charge in [-0.25, -0.2) is 13.1 Å². The second-order valence-corrected chi connectivity index (χ2v) is 6.30. The van der Waals surface area contributed by atoms with Crippen molar-refractivity contribution in [2.24, 2.45) is 0 Å². The Kier molecular flexibility index (Phi) is 6.32. The van der Waals surface area contributed by atoms with Gasteiger partial charge in [0, 0.05) is 13.1 Å². The Labute approximate surface area is 110 Å². The molecule has 0 amide bonds. The van der Waals surface area contributed by atoms with E-state index in [1.807, 2.05) is 31.2 Å². The van der Waals surface area contributed by atoms with Gasteiger partial charge in [0.2, 0.25) is 10.0 Å². The third kappa shape index (κ3) is 6.14. The van der Waals surface area contributed by atoms with Gasteiger partial charge in [-0.15, -0.1) is 0 Å². The molecule has 18 heavy (non-hydrogen) atoms. The van der Waals surface area contributed by atoms with Crippen LogP contribution in [0.4, 0.5) is 0 Å². The van der Waals surface area contributed by atoms with Crippen molar-refractivity contribution in [3.63, 3.8) is 0 Å². The van der Waals surface area contributed by atoms with Crippen LogP contribution in [0.1, 0.15) is 24.5 Å². The Hall–Kier alpha value is -0.910. The lowest BCUT2D eigenvalue weighted by Gasteiger charge is -2.07. The first-order chi connectivity index (χ1) is 8.53. The van der Waals surface area contributed by atoms with Crippen LogP contribution in [0.3, 0.4) is 0 Å². The molecule has 0 saturated heterocycles. The highest BCUT2D eigenvalue weighted by atomic mass is 32.2. The molecule has 0 radical (unpaired) electrons. The molecule has 0 bridgehead atoms. The minimum atomic E-state index is -3.18. The Balaban J connectivity index is 2.34. The Bertz CT molecular complexity index is 441. The summed E-state index contributed by atoms with van der Waals surface area (Å²) in [6.07, 6.45) is 1.01. The molecular weight excluding hydrogens is 248 g/mol. The van der Waals surface area contributed by atoms with Crippen LogP contribution >= 0.6 is 0 Å². The minimum Gasteiger partial charge on any atom is -0.316 e. The molecule has 0 spiro atoms. The summed E-state index contributed by atoms with van der Waals surface area (Å²) in [7, 11) is -3.18. The van der Waals surface area contributed by atoms with Gasteiger partial charge >= 0.3 is 0 Å². The van der Waals surface area contributed by atoms with Crippen LogP contribution in [0.15, 0.2) is 24.3 Å². The predicted octanol–water partition coefficient (Wildman–Crippen LogP) is 1.41. The summed E-state index contributed by atoms with van der Waals surface area (Å²) < 4.78 is 26.0. The van der Waals surface area contributed by atoms with E-state index in [-0.39, 0.29) is 5.75 Å². The molecule has 0 aliphatic rings. The fourth-order valence-electron chi connectivity index (χ4n) is 1.48. The van der Waals surface area contributed by atoms with Gasteiger partial charge in [0.05, 0.1) is 5.75 Å². The van der Waals surface area contributed by atoms with Gasteiger partial charge in [0.25, 0.3) is 0 Å². The topological polar surface area (TPSA) is 58.2 Å². The van der Waals surface area contributed by atoms with Crippen molar-refractivity contribution in [2.75, 3.05) is 18.8 Å². The predicted molar refractivity (Wildman–Crippen MR) is 75.0 cm³/mol. The van der Waals surface area contributed by atoms with E-state index in [2.05, 4.69) is 17.0 Å². The van der Waals surface area contributed by atoms with E-state index < -0.39 is 10.0 Å². The summed E-state index contributed by atoms with van der Waals surface area (Å²) in [5.41, 5.74) is 2.15. The zero-order chi connectivity index (χ0) is 13.4. The number of aryl methyl sites for hydroxylation is 1. The molecule has 0 aliphatic heterocycles. The van der Waals surface area contributed by atoms with Gasteiger partial charge in [-0.3, -0.25) is 0 Å². The summed E-state index contributed by atoms with van der Waals surface area (Å²) in [4.78, 5) is 0. The number of hydrogen-bond acceptors (Lipinski definition) is 3. The van der Waals surface area contributed by atoms with Gasteiger partial charge in [0.15, 0.2) is 0 Å². The van der Waals surface area contributed by atoms with Gasteiger partial charge in [0.1, 0.15) is 0 Å². The highest BCUT2D eigenvalue weighted by Gasteiger charge is 2.08. The number of hydrogen-bond donors (Lipinski definition) is 2. The van der Waals surface area contributed by atoms with E-state index in [4.69, 9.17) is 0 Å². The van der Waals surface area contributed by atoms with Crippen molar-refractivity contribution < 1.29 is 8.42 Å². The average molecular weight is 270 g/mol. The van der Waals surface area contributed by atoms with Gasteiger partial charge in [-0.05, 0) is 25.5 Å². The molecule has 4 nitrogen and oxygen atoms in total. The average Bonchev–Trinajstić information content (AvgIpc) is 2.34. The Morgan fingerprint density at radius 1 is 1.11 bits per heavy atom. The lowest BCUT2D eigenvalue weighted by molar-refractivity contribution is 0.576. The summed E-state index contributed by atoms with van der Waals surface area (Å²) in [5, 5.41) is 3.08. The third-order valence-corrected chi connectivity index (χ3v) is 3.92. The third-order valence-electron chi connectivity index (χ3n) is 2.59. The van der Waals surface area contributed by atoms with Gasteiger partial charge < -0.3 is 5.32 Å².